The van der Waals surface area contributed by atoms with Gasteiger partial charge in [-0.15, -0.1) is 26.3 Å². The largest absolute Gasteiger partial charge is 0.288 e. The molecule has 0 spiro atoms. The minimum absolute atomic E-state index is 0.331. The Labute approximate surface area is 137 Å². The van der Waals surface area contributed by atoms with Gasteiger partial charge >= 0.3 is 0 Å². The molecule has 118 valence electrons. The molecule has 2 rings (SSSR count). The van der Waals surface area contributed by atoms with Crippen LogP contribution in [0.15, 0.2) is 50.6 Å². The number of carbonyl (C=O) groups is 2. The van der Waals surface area contributed by atoms with Crippen molar-refractivity contribution in [2.75, 3.05) is 0 Å². The maximum Gasteiger partial charge on any atom is 0.259 e. The monoisotopic (exact) mass is 307 g/mol. The van der Waals surface area contributed by atoms with Crippen molar-refractivity contribution in [2.24, 2.45) is 0 Å². The van der Waals surface area contributed by atoms with E-state index in [0.717, 1.165) is 22.3 Å². The van der Waals surface area contributed by atoms with Gasteiger partial charge in [0.15, 0.2) is 0 Å². The summed E-state index contributed by atoms with van der Waals surface area (Å²) in [4.78, 5) is 24.6. The average Bonchev–Trinajstić information content (AvgIpc) is 2.81. The predicted molar refractivity (Wildman–Crippen MR) is 93.8 cm³/mol. The fourth-order valence-corrected chi connectivity index (χ4v) is 3.22. The van der Waals surface area contributed by atoms with Gasteiger partial charge in [0.2, 0.25) is 0 Å². The highest BCUT2D eigenvalue weighted by atomic mass is 16.2. The molecule has 3 heteroatoms. The van der Waals surface area contributed by atoms with Crippen molar-refractivity contribution in [1.82, 2.24) is 5.32 Å². The third-order valence-electron chi connectivity index (χ3n) is 4.02. The van der Waals surface area contributed by atoms with Gasteiger partial charge in [-0.25, -0.2) is 0 Å². The first-order valence-electron chi connectivity index (χ1n) is 7.59. The van der Waals surface area contributed by atoms with E-state index in [1.807, 2.05) is 12.2 Å². The van der Waals surface area contributed by atoms with Crippen LogP contribution >= 0.6 is 0 Å². The van der Waals surface area contributed by atoms with Crippen LogP contribution in [-0.2, 0) is 25.7 Å². The molecule has 1 aromatic rings. The summed E-state index contributed by atoms with van der Waals surface area (Å²) in [5, 5.41) is 2.42. The van der Waals surface area contributed by atoms with Crippen molar-refractivity contribution in [3.63, 3.8) is 0 Å². The molecule has 1 heterocycles. The standard InChI is InChI=1S/C20H21NO2/c1-5-9-13-14(10-6-2)16(12-8-4)18-17(15(13)11-7-3)19(22)21-20(18)23/h5-8H,1-4,9-12H2,(H,21,22,23). The fourth-order valence-electron chi connectivity index (χ4n) is 3.22. The van der Waals surface area contributed by atoms with Gasteiger partial charge in [0.05, 0.1) is 11.1 Å². The summed E-state index contributed by atoms with van der Waals surface area (Å²) in [5.41, 5.74) is 4.78. The van der Waals surface area contributed by atoms with Gasteiger partial charge in [-0.1, -0.05) is 24.3 Å². The molecule has 0 saturated heterocycles. The molecule has 0 radical (unpaired) electrons. The van der Waals surface area contributed by atoms with Crippen molar-refractivity contribution in [1.29, 1.82) is 0 Å². The van der Waals surface area contributed by atoms with Crippen LogP contribution in [0.2, 0.25) is 0 Å². The molecule has 0 saturated carbocycles. The highest BCUT2D eigenvalue weighted by Crippen LogP contribution is 2.34. The summed E-state index contributed by atoms with van der Waals surface area (Å²) in [5.74, 6) is -0.662. The summed E-state index contributed by atoms with van der Waals surface area (Å²) < 4.78 is 0. The number of fused-ring (bicyclic) bond motifs is 1. The molecular formula is C20H21NO2. The zero-order valence-corrected chi connectivity index (χ0v) is 13.3. The van der Waals surface area contributed by atoms with Crippen LogP contribution in [-0.4, -0.2) is 11.8 Å². The van der Waals surface area contributed by atoms with Gasteiger partial charge in [0.1, 0.15) is 0 Å². The van der Waals surface area contributed by atoms with Gasteiger partial charge in [0.25, 0.3) is 11.8 Å². The number of rotatable bonds is 8. The molecule has 0 fully saturated rings. The Morgan fingerprint density at radius 3 is 1.22 bits per heavy atom. The second-order valence-corrected chi connectivity index (χ2v) is 5.42. The number of hydrogen-bond acceptors (Lipinski definition) is 2. The van der Waals surface area contributed by atoms with E-state index in [2.05, 4.69) is 31.6 Å². The number of carbonyl (C=O) groups excluding carboxylic acids is 2. The van der Waals surface area contributed by atoms with Crippen molar-refractivity contribution >= 4 is 11.8 Å². The fraction of sp³-hybridized carbons (Fsp3) is 0.200. The Bertz CT molecular complexity index is 665. The Morgan fingerprint density at radius 1 is 0.609 bits per heavy atom. The Morgan fingerprint density at radius 2 is 0.913 bits per heavy atom. The van der Waals surface area contributed by atoms with Crippen LogP contribution in [0.5, 0.6) is 0 Å². The first-order chi connectivity index (χ1) is 11.1. The zero-order chi connectivity index (χ0) is 17.0. The van der Waals surface area contributed by atoms with E-state index in [1.54, 1.807) is 12.2 Å². The lowest BCUT2D eigenvalue weighted by Crippen LogP contribution is -2.20. The quantitative estimate of drug-likeness (QED) is 0.590. The molecule has 23 heavy (non-hydrogen) atoms. The lowest BCUT2D eigenvalue weighted by molar-refractivity contribution is 0.0879. The number of amides is 2. The van der Waals surface area contributed by atoms with E-state index < -0.39 is 0 Å². The van der Waals surface area contributed by atoms with E-state index in [-0.39, 0.29) is 11.8 Å². The molecule has 1 N–H and O–H groups in total. The number of imide groups is 1. The maximum absolute atomic E-state index is 12.3. The molecular weight excluding hydrogens is 286 g/mol. The third-order valence-corrected chi connectivity index (χ3v) is 4.02. The van der Waals surface area contributed by atoms with Gasteiger partial charge in [0, 0.05) is 0 Å². The lowest BCUT2D eigenvalue weighted by atomic mass is 9.82. The van der Waals surface area contributed by atoms with E-state index in [9.17, 15) is 9.59 Å². The number of nitrogens with one attached hydrogen (secondary N) is 1. The molecule has 2 amide bonds. The normalized spacial score (nSPS) is 12.5. The molecule has 3 nitrogen and oxygen atoms in total. The Hall–Kier alpha value is -2.68. The SMILES string of the molecule is C=CCc1c(CC=C)c(CC=C)c2c(c1CC=C)C(=O)NC2=O. The van der Waals surface area contributed by atoms with Crippen LogP contribution < -0.4 is 5.32 Å². The number of hydrogen-bond donors (Lipinski definition) is 1. The number of benzene rings is 1. The topological polar surface area (TPSA) is 46.2 Å². The molecule has 1 aromatic carbocycles. The van der Waals surface area contributed by atoms with Crippen LogP contribution in [0, 0.1) is 0 Å². The molecule has 0 aliphatic carbocycles. The first kappa shape index (κ1) is 16.7. The van der Waals surface area contributed by atoms with Gasteiger partial charge in [-0.2, -0.15) is 0 Å². The Balaban J connectivity index is 2.94. The van der Waals surface area contributed by atoms with Crippen molar-refractivity contribution < 1.29 is 9.59 Å². The summed E-state index contributed by atoms with van der Waals surface area (Å²) in [6, 6.07) is 0. The van der Waals surface area contributed by atoms with E-state index in [1.165, 1.54) is 0 Å². The van der Waals surface area contributed by atoms with Crippen LogP contribution in [0.1, 0.15) is 43.0 Å². The van der Waals surface area contributed by atoms with Gasteiger partial charge in [-0.3, -0.25) is 14.9 Å². The molecule has 0 bridgehead atoms. The van der Waals surface area contributed by atoms with Crippen molar-refractivity contribution in [3.05, 3.63) is 84.0 Å². The Kier molecular flexibility index (Phi) is 5.12. The van der Waals surface area contributed by atoms with Gasteiger partial charge in [-0.05, 0) is 47.9 Å². The lowest BCUT2D eigenvalue weighted by Gasteiger charge is -2.20. The van der Waals surface area contributed by atoms with Gasteiger partial charge < -0.3 is 0 Å². The summed E-state index contributed by atoms with van der Waals surface area (Å²) in [6.07, 6.45) is 9.46. The molecule has 1 aliphatic rings. The first-order valence-corrected chi connectivity index (χ1v) is 7.59. The van der Waals surface area contributed by atoms with Crippen molar-refractivity contribution in [3.8, 4) is 0 Å². The van der Waals surface area contributed by atoms with E-state index >= 15 is 0 Å². The van der Waals surface area contributed by atoms with Crippen molar-refractivity contribution in [2.45, 2.75) is 25.7 Å². The highest BCUT2D eigenvalue weighted by molar-refractivity contribution is 6.23. The molecule has 0 aromatic heterocycles. The molecule has 1 aliphatic heterocycles. The highest BCUT2D eigenvalue weighted by Gasteiger charge is 2.34. The van der Waals surface area contributed by atoms with E-state index in [0.29, 0.717) is 36.8 Å². The van der Waals surface area contributed by atoms with Crippen LogP contribution in [0.25, 0.3) is 0 Å². The zero-order valence-electron chi connectivity index (χ0n) is 13.3. The summed E-state index contributed by atoms with van der Waals surface area (Å²) in [6.45, 7) is 15.2. The second kappa shape index (κ2) is 7.05. The minimum Gasteiger partial charge on any atom is -0.288 e. The minimum atomic E-state index is -0.331. The van der Waals surface area contributed by atoms with Crippen LogP contribution in [0.4, 0.5) is 0 Å². The summed E-state index contributed by atoms with van der Waals surface area (Å²) >= 11 is 0. The number of allylic oxidation sites excluding steroid dienone is 4. The predicted octanol–water partition coefficient (Wildman–Crippen LogP) is 3.48. The third kappa shape index (κ3) is 2.82. The maximum atomic E-state index is 12.3. The molecule has 0 unspecified atom stereocenters. The average molecular weight is 307 g/mol. The summed E-state index contributed by atoms with van der Waals surface area (Å²) in [7, 11) is 0. The molecule has 0 atom stereocenters. The smallest absolute Gasteiger partial charge is 0.259 e. The second-order valence-electron chi connectivity index (χ2n) is 5.42. The van der Waals surface area contributed by atoms with E-state index in [4.69, 9.17) is 0 Å². The van der Waals surface area contributed by atoms with Crippen LogP contribution in [0.3, 0.4) is 0 Å².